The summed E-state index contributed by atoms with van der Waals surface area (Å²) in [6, 6.07) is 9.77. The fourth-order valence-corrected chi connectivity index (χ4v) is 3.30. The van der Waals surface area contributed by atoms with Gasteiger partial charge in [-0.05, 0) is 18.4 Å². The molecule has 0 spiro atoms. The topological polar surface area (TPSA) is 66.4 Å². The van der Waals surface area contributed by atoms with Gasteiger partial charge in [-0.1, -0.05) is 30.3 Å². The fraction of sp³-hybridized carbons (Fsp3) is 0.400. The lowest BCUT2D eigenvalue weighted by atomic mass is 9.95. The molecule has 2 heterocycles. The van der Waals surface area contributed by atoms with Gasteiger partial charge >= 0.3 is 0 Å². The van der Waals surface area contributed by atoms with E-state index in [2.05, 4.69) is 9.97 Å². The third kappa shape index (κ3) is 4.65. The van der Waals surface area contributed by atoms with Crippen molar-refractivity contribution in [2.45, 2.75) is 25.8 Å². The molecule has 1 saturated heterocycles. The number of carbonyl (C=O) groups is 2. The monoisotopic (exact) mass is 352 g/mol. The zero-order valence-corrected chi connectivity index (χ0v) is 15.0. The van der Waals surface area contributed by atoms with E-state index in [1.165, 1.54) is 0 Å². The molecule has 0 atom stereocenters. The molecule has 0 N–H and O–H groups in total. The highest BCUT2D eigenvalue weighted by Gasteiger charge is 2.29. The number of nitrogens with zero attached hydrogens (tertiary/aromatic N) is 4. The van der Waals surface area contributed by atoms with Crippen LogP contribution < -0.4 is 0 Å². The molecule has 1 aromatic heterocycles. The molecule has 1 aliphatic rings. The highest BCUT2D eigenvalue weighted by atomic mass is 16.2. The van der Waals surface area contributed by atoms with Crippen LogP contribution in [0.15, 0.2) is 48.9 Å². The van der Waals surface area contributed by atoms with Gasteiger partial charge in [0.15, 0.2) is 0 Å². The highest BCUT2D eigenvalue weighted by molar-refractivity contribution is 5.81. The third-order valence-corrected chi connectivity index (χ3v) is 4.79. The number of benzene rings is 1. The van der Waals surface area contributed by atoms with Crippen LogP contribution in [0.2, 0.25) is 0 Å². The smallest absolute Gasteiger partial charge is 0.226 e. The van der Waals surface area contributed by atoms with E-state index in [-0.39, 0.29) is 17.7 Å². The van der Waals surface area contributed by atoms with Gasteiger partial charge in [0.2, 0.25) is 11.8 Å². The molecule has 136 valence electrons. The lowest BCUT2D eigenvalue weighted by molar-refractivity contribution is -0.140. The van der Waals surface area contributed by atoms with Crippen molar-refractivity contribution in [1.82, 2.24) is 19.8 Å². The maximum atomic E-state index is 12.6. The maximum absolute atomic E-state index is 12.6. The van der Waals surface area contributed by atoms with Crippen molar-refractivity contribution in [2.75, 3.05) is 20.1 Å². The zero-order chi connectivity index (χ0) is 18.4. The Bertz CT molecular complexity index is 728. The van der Waals surface area contributed by atoms with E-state index in [9.17, 15) is 9.59 Å². The molecule has 2 aromatic rings. The first-order valence-corrected chi connectivity index (χ1v) is 8.95. The van der Waals surface area contributed by atoms with Gasteiger partial charge in [-0.25, -0.2) is 0 Å². The summed E-state index contributed by atoms with van der Waals surface area (Å²) in [6.07, 6.45) is 6.77. The number of aromatic nitrogens is 2. The van der Waals surface area contributed by atoms with Crippen molar-refractivity contribution < 1.29 is 9.59 Å². The molecule has 26 heavy (non-hydrogen) atoms. The van der Waals surface area contributed by atoms with Gasteiger partial charge in [0, 0.05) is 38.4 Å². The van der Waals surface area contributed by atoms with Gasteiger partial charge in [-0.2, -0.15) is 0 Å². The Labute approximate surface area is 153 Å². The Kier molecular flexibility index (Phi) is 5.94. The standard InChI is InChI=1S/C20H24N4O2/c1-23(15-18-14-21-9-10-22-18)20(26)17-7-11-24(12-8-17)19(25)13-16-5-3-2-4-6-16/h2-6,9-10,14,17H,7-8,11-13,15H2,1H3. The van der Waals surface area contributed by atoms with Crippen LogP contribution in [-0.4, -0.2) is 51.7 Å². The molecule has 6 heteroatoms. The van der Waals surface area contributed by atoms with Crippen LogP contribution in [-0.2, 0) is 22.6 Å². The molecule has 0 unspecified atom stereocenters. The number of hydrogen-bond acceptors (Lipinski definition) is 4. The Balaban J connectivity index is 1.48. The second-order valence-electron chi connectivity index (χ2n) is 6.71. The molecule has 1 aliphatic heterocycles. The van der Waals surface area contributed by atoms with Crippen LogP contribution in [0.3, 0.4) is 0 Å². The van der Waals surface area contributed by atoms with Crippen molar-refractivity contribution in [1.29, 1.82) is 0 Å². The number of carbonyl (C=O) groups excluding carboxylic acids is 2. The molecule has 0 saturated carbocycles. The lowest BCUT2D eigenvalue weighted by Crippen LogP contribution is -2.43. The largest absolute Gasteiger partial charge is 0.342 e. The van der Waals surface area contributed by atoms with Gasteiger partial charge in [0.1, 0.15) is 0 Å². The highest BCUT2D eigenvalue weighted by Crippen LogP contribution is 2.20. The summed E-state index contributed by atoms with van der Waals surface area (Å²) in [5, 5.41) is 0. The normalized spacial score (nSPS) is 14.9. The third-order valence-electron chi connectivity index (χ3n) is 4.79. The average Bonchev–Trinajstić information content (AvgIpc) is 2.69. The molecule has 1 aromatic carbocycles. The molecule has 2 amide bonds. The summed E-state index contributed by atoms with van der Waals surface area (Å²) in [4.78, 5) is 36.9. The Morgan fingerprint density at radius 2 is 1.88 bits per heavy atom. The number of piperidine rings is 1. The summed E-state index contributed by atoms with van der Waals surface area (Å²) in [5.41, 5.74) is 1.80. The predicted molar refractivity (Wildman–Crippen MR) is 98.0 cm³/mol. The molecule has 1 fully saturated rings. The fourth-order valence-electron chi connectivity index (χ4n) is 3.30. The van der Waals surface area contributed by atoms with Crippen molar-refractivity contribution in [2.24, 2.45) is 5.92 Å². The number of rotatable bonds is 5. The molecular weight excluding hydrogens is 328 g/mol. The van der Waals surface area contributed by atoms with Crippen molar-refractivity contribution in [3.05, 3.63) is 60.2 Å². The molecule has 6 nitrogen and oxygen atoms in total. The van der Waals surface area contributed by atoms with Crippen LogP contribution in [0.1, 0.15) is 24.1 Å². The van der Waals surface area contributed by atoms with E-state index >= 15 is 0 Å². The first-order valence-electron chi connectivity index (χ1n) is 8.95. The SMILES string of the molecule is CN(Cc1cnccn1)C(=O)C1CCN(C(=O)Cc2ccccc2)CC1. The quantitative estimate of drug-likeness (QED) is 0.824. The summed E-state index contributed by atoms with van der Waals surface area (Å²) in [6.45, 7) is 1.74. The van der Waals surface area contributed by atoms with Gasteiger partial charge in [0.05, 0.1) is 24.9 Å². The van der Waals surface area contributed by atoms with Crippen LogP contribution in [0.5, 0.6) is 0 Å². The van der Waals surface area contributed by atoms with Crippen LogP contribution in [0.25, 0.3) is 0 Å². The van der Waals surface area contributed by atoms with Crippen LogP contribution in [0.4, 0.5) is 0 Å². The maximum Gasteiger partial charge on any atom is 0.226 e. The van der Waals surface area contributed by atoms with Gasteiger partial charge < -0.3 is 9.80 Å². The Morgan fingerprint density at radius 1 is 1.15 bits per heavy atom. The molecule has 0 aliphatic carbocycles. The van der Waals surface area contributed by atoms with E-state index < -0.39 is 0 Å². The molecule has 0 bridgehead atoms. The number of hydrogen-bond donors (Lipinski definition) is 0. The second kappa shape index (κ2) is 8.56. The zero-order valence-electron chi connectivity index (χ0n) is 15.0. The van der Waals surface area contributed by atoms with Crippen molar-refractivity contribution in [3.63, 3.8) is 0 Å². The first-order chi connectivity index (χ1) is 12.6. The Hall–Kier alpha value is -2.76. The number of amides is 2. The summed E-state index contributed by atoms with van der Waals surface area (Å²) in [7, 11) is 1.80. The number of likely N-dealkylation sites (tertiary alicyclic amines) is 1. The van der Waals surface area contributed by atoms with E-state index in [1.807, 2.05) is 35.2 Å². The summed E-state index contributed by atoms with van der Waals surface area (Å²) < 4.78 is 0. The van der Waals surface area contributed by atoms with E-state index in [0.717, 1.165) is 11.3 Å². The predicted octanol–water partition coefficient (Wildman–Crippen LogP) is 1.92. The van der Waals surface area contributed by atoms with E-state index in [1.54, 1.807) is 30.5 Å². The Morgan fingerprint density at radius 3 is 2.54 bits per heavy atom. The minimum absolute atomic E-state index is 0.0301. The minimum atomic E-state index is -0.0301. The summed E-state index contributed by atoms with van der Waals surface area (Å²) >= 11 is 0. The molecule has 3 rings (SSSR count). The molecule has 0 radical (unpaired) electrons. The van der Waals surface area contributed by atoms with Crippen LogP contribution >= 0.6 is 0 Å². The lowest BCUT2D eigenvalue weighted by Gasteiger charge is -2.33. The van der Waals surface area contributed by atoms with Gasteiger partial charge in [0.25, 0.3) is 0 Å². The van der Waals surface area contributed by atoms with Crippen molar-refractivity contribution >= 4 is 11.8 Å². The molecular formula is C20H24N4O2. The average molecular weight is 352 g/mol. The second-order valence-corrected chi connectivity index (χ2v) is 6.71. The summed E-state index contributed by atoms with van der Waals surface area (Å²) in [5.74, 6) is 0.221. The first kappa shape index (κ1) is 18.0. The van der Waals surface area contributed by atoms with Gasteiger partial charge in [-0.3, -0.25) is 19.6 Å². The van der Waals surface area contributed by atoms with Gasteiger partial charge in [-0.15, -0.1) is 0 Å². The van der Waals surface area contributed by atoms with E-state index in [4.69, 9.17) is 0 Å². The van der Waals surface area contributed by atoms with Crippen molar-refractivity contribution in [3.8, 4) is 0 Å². The minimum Gasteiger partial charge on any atom is -0.342 e. The van der Waals surface area contributed by atoms with Crippen LogP contribution in [0, 0.1) is 5.92 Å². The van der Waals surface area contributed by atoms with E-state index in [0.29, 0.717) is 38.9 Å².